The van der Waals surface area contributed by atoms with Crippen LogP contribution >= 0.6 is 0 Å². The summed E-state index contributed by atoms with van der Waals surface area (Å²) in [5, 5.41) is 8.92. The lowest BCUT2D eigenvalue weighted by molar-refractivity contribution is 0.487. The van der Waals surface area contributed by atoms with Crippen LogP contribution in [-0.2, 0) is 0 Å². The molecule has 0 bridgehead atoms. The molecule has 0 fully saturated rings. The van der Waals surface area contributed by atoms with E-state index in [1.165, 1.54) is 5.39 Å². The molecule has 0 aliphatic carbocycles. The van der Waals surface area contributed by atoms with Crippen molar-refractivity contribution in [2.45, 2.75) is 0 Å². The fraction of sp³-hybridized carbons (Fsp3) is 0. The van der Waals surface area contributed by atoms with Crippen LogP contribution in [0.15, 0.2) is 288 Å². The van der Waals surface area contributed by atoms with Crippen molar-refractivity contribution in [2.75, 3.05) is 9.80 Å². The molecule has 3 heterocycles. The van der Waals surface area contributed by atoms with Crippen LogP contribution in [0.3, 0.4) is 0 Å². The van der Waals surface area contributed by atoms with Gasteiger partial charge in [-0.05, 0) is 123 Å². The second-order valence-corrected chi connectivity index (χ2v) is 20.3. The molecule has 2 aromatic heterocycles. The van der Waals surface area contributed by atoms with Crippen molar-refractivity contribution in [3.05, 3.63) is 279 Å². The first kappa shape index (κ1) is 44.7. The summed E-state index contributed by atoms with van der Waals surface area (Å²) in [7, 11) is 0. The Morgan fingerprint density at radius 1 is 0.253 bits per heavy atom. The maximum Gasteiger partial charge on any atom is 0.159 e. The molecule has 1 aliphatic rings. The third-order valence-electron chi connectivity index (χ3n) is 15.8. The number of benzene rings is 13. The molecule has 0 radical (unpaired) electrons. The third kappa shape index (κ3) is 7.25. The molecule has 0 saturated heterocycles. The van der Waals surface area contributed by atoms with Gasteiger partial charge in [0.15, 0.2) is 11.2 Å². The first-order chi connectivity index (χ1) is 39.2. The van der Waals surface area contributed by atoms with Gasteiger partial charge in [0.25, 0.3) is 0 Å². The Morgan fingerprint density at radius 2 is 0.747 bits per heavy atom. The van der Waals surface area contributed by atoms with Gasteiger partial charge in [-0.3, -0.25) is 0 Å². The number of furan rings is 2. The summed E-state index contributed by atoms with van der Waals surface area (Å²) in [6.07, 6.45) is 0. The lowest BCUT2D eigenvalue weighted by atomic mass is 9.89. The molecular weight excluding hydrogens is 965 g/mol. The molecule has 1 aliphatic heterocycles. The topological polar surface area (TPSA) is 42.0 Å². The van der Waals surface area contributed by atoms with Gasteiger partial charge in [0, 0.05) is 55.4 Å². The Bertz CT molecular complexity index is 4880. The summed E-state index contributed by atoms with van der Waals surface area (Å²) < 4.78 is 20.5. The molecular formula is C74H46N2O3. The van der Waals surface area contributed by atoms with E-state index in [0.29, 0.717) is 0 Å². The van der Waals surface area contributed by atoms with E-state index >= 15 is 0 Å². The highest BCUT2D eigenvalue weighted by Gasteiger charge is 2.28. The number of fused-ring (bicyclic) bond motifs is 10. The van der Waals surface area contributed by atoms with E-state index in [0.717, 1.165) is 150 Å². The predicted octanol–water partition coefficient (Wildman–Crippen LogP) is 21.5. The van der Waals surface area contributed by atoms with Gasteiger partial charge < -0.3 is 23.4 Å². The van der Waals surface area contributed by atoms with Crippen molar-refractivity contribution in [1.29, 1.82) is 0 Å². The summed E-state index contributed by atoms with van der Waals surface area (Å²) >= 11 is 0. The minimum atomic E-state index is 0.796. The van der Waals surface area contributed by atoms with Gasteiger partial charge in [0.1, 0.15) is 22.7 Å². The molecule has 13 aromatic carbocycles. The standard InChI is InChI=1S/C74H46N2O3/c1-3-18-48(19-4-1)54-22-7-11-29-64(54)75(66-31-15-27-60-56-24-9-13-33-68(56)78-73(60)66)52-40-38-47(39-41-52)50-36-37-51-45-63-58-43-42-53(46-71(58)77-70-35-17-26-59(72(63)70)62(51)44-50)76(65-30-12-8-23-55(65)49-20-5-2-6-21-49)67-32-16-28-61-57-25-10-14-34-69(57)79-74(61)67/h1-46H. The largest absolute Gasteiger partial charge is 0.456 e. The molecule has 0 spiro atoms. The van der Waals surface area contributed by atoms with Crippen LogP contribution in [-0.4, -0.2) is 0 Å². The highest BCUT2D eigenvalue weighted by atomic mass is 16.5. The van der Waals surface area contributed by atoms with Gasteiger partial charge in [0.05, 0.1) is 28.4 Å². The van der Waals surface area contributed by atoms with Gasteiger partial charge >= 0.3 is 0 Å². The zero-order chi connectivity index (χ0) is 52.0. The fourth-order valence-corrected chi connectivity index (χ4v) is 12.2. The van der Waals surface area contributed by atoms with E-state index in [4.69, 9.17) is 13.6 Å². The van der Waals surface area contributed by atoms with Crippen molar-refractivity contribution in [2.24, 2.45) is 0 Å². The number of rotatable bonds is 9. The SMILES string of the molecule is c1ccc(-c2ccccc2N(c2ccc(-c3ccc4cc5c6c(cccc6c4c3)Oc3cc(N(c4ccccc4-c4ccccc4)c4cccc6c4oc4ccccc46)ccc3-5)cc2)c2cccc3c2oc2ccccc23)cc1. The predicted molar refractivity (Wildman–Crippen MR) is 327 cm³/mol. The minimum absolute atomic E-state index is 0.796. The van der Waals surface area contributed by atoms with Crippen LogP contribution in [0.4, 0.5) is 34.1 Å². The van der Waals surface area contributed by atoms with Crippen LogP contribution in [0, 0.1) is 0 Å². The van der Waals surface area contributed by atoms with E-state index in [2.05, 4.69) is 265 Å². The van der Waals surface area contributed by atoms with Crippen LogP contribution in [0.1, 0.15) is 0 Å². The lowest BCUT2D eigenvalue weighted by Gasteiger charge is -2.29. The Balaban J connectivity index is 0.800. The first-order valence-corrected chi connectivity index (χ1v) is 26.8. The van der Waals surface area contributed by atoms with Gasteiger partial charge in [-0.15, -0.1) is 0 Å². The van der Waals surface area contributed by atoms with Gasteiger partial charge in [-0.1, -0.05) is 194 Å². The highest BCUT2D eigenvalue weighted by molar-refractivity contribution is 6.18. The number of nitrogens with zero attached hydrogens (tertiary/aromatic N) is 2. The van der Waals surface area contributed by atoms with Crippen molar-refractivity contribution in [3.8, 4) is 56.0 Å². The smallest absolute Gasteiger partial charge is 0.159 e. The molecule has 5 heteroatoms. The summed E-state index contributed by atoms with van der Waals surface area (Å²) in [4.78, 5) is 4.67. The van der Waals surface area contributed by atoms with E-state index in [1.54, 1.807) is 0 Å². The molecule has 0 saturated carbocycles. The second kappa shape index (κ2) is 18.0. The molecule has 15 aromatic rings. The zero-order valence-corrected chi connectivity index (χ0v) is 42.7. The van der Waals surface area contributed by atoms with Crippen molar-refractivity contribution in [3.63, 3.8) is 0 Å². The Labute approximate surface area is 455 Å². The fourth-order valence-electron chi connectivity index (χ4n) is 12.2. The summed E-state index contributed by atoms with van der Waals surface area (Å²) in [5.74, 6) is 1.63. The molecule has 79 heavy (non-hydrogen) atoms. The summed E-state index contributed by atoms with van der Waals surface area (Å²) in [5.41, 5.74) is 18.3. The van der Waals surface area contributed by atoms with E-state index in [1.807, 2.05) is 24.3 Å². The molecule has 0 amide bonds. The average Bonchev–Trinajstić information content (AvgIpc) is 4.19. The van der Waals surface area contributed by atoms with Crippen LogP contribution in [0.25, 0.3) is 110 Å². The Kier molecular flexibility index (Phi) is 10.2. The number of anilines is 6. The summed E-state index contributed by atoms with van der Waals surface area (Å²) in [6, 6.07) is 99.1. The quantitative estimate of drug-likeness (QED) is 0.135. The molecule has 0 atom stereocenters. The normalized spacial score (nSPS) is 11.9. The minimum Gasteiger partial charge on any atom is -0.456 e. The molecule has 0 N–H and O–H groups in total. The maximum atomic E-state index is 7.05. The van der Waals surface area contributed by atoms with Gasteiger partial charge in [0.2, 0.25) is 0 Å². The van der Waals surface area contributed by atoms with E-state index < -0.39 is 0 Å². The molecule has 370 valence electrons. The number of ether oxygens (including phenoxy) is 1. The lowest BCUT2D eigenvalue weighted by Crippen LogP contribution is -2.12. The van der Waals surface area contributed by atoms with Crippen molar-refractivity contribution in [1.82, 2.24) is 0 Å². The zero-order valence-electron chi connectivity index (χ0n) is 42.7. The van der Waals surface area contributed by atoms with Crippen molar-refractivity contribution < 1.29 is 13.6 Å². The number of hydrogen-bond acceptors (Lipinski definition) is 5. The van der Waals surface area contributed by atoms with Crippen molar-refractivity contribution >= 4 is 99.5 Å². The monoisotopic (exact) mass is 1010 g/mol. The number of para-hydroxylation sites is 6. The van der Waals surface area contributed by atoms with Crippen LogP contribution < -0.4 is 14.5 Å². The Hall–Kier alpha value is -10.6. The van der Waals surface area contributed by atoms with E-state index in [9.17, 15) is 0 Å². The third-order valence-corrected chi connectivity index (χ3v) is 15.8. The molecule has 0 unspecified atom stereocenters. The first-order valence-electron chi connectivity index (χ1n) is 26.8. The molecule has 5 nitrogen and oxygen atoms in total. The number of hydrogen-bond donors (Lipinski definition) is 0. The van der Waals surface area contributed by atoms with Gasteiger partial charge in [-0.25, -0.2) is 0 Å². The summed E-state index contributed by atoms with van der Waals surface area (Å²) in [6.45, 7) is 0. The average molecular weight is 1010 g/mol. The maximum absolute atomic E-state index is 7.05. The molecule has 16 rings (SSSR count). The van der Waals surface area contributed by atoms with Crippen LogP contribution in [0.5, 0.6) is 11.5 Å². The Morgan fingerprint density at radius 3 is 1.38 bits per heavy atom. The van der Waals surface area contributed by atoms with Crippen LogP contribution in [0.2, 0.25) is 0 Å². The second-order valence-electron chi connectivity index (χ2n) is 20.3. The highest BCUT2D eigenvalue weighted by Crippen LogP contribution is 2.53. The van der Waals surface area contributed by atoms with Gasteiger partial charge in [-0.2, -0.15) is 0 Å². The van der Waals surface area contributed by atoms with E-state index in [-0.39, 0.29) is 0 Å².